The number of ether oxygens (including phenoxy) is 1. The zero-order valence-electron chi connectivity index (χ0n) is 11.0. The molecule has 0 radical (unpaired) electrons. The van der Waals surface area contributed by atoms with Crippen molar-refractivity contribution >= 4 is 5.84 Å². The summed E-state index contributed by atoms with van der Waals surface area (Å²) in [5.41, 5.74) is 6.00. The Balaban J connectivity index is 2.63. The molecule has 0 heterocycles. The summed E-state index contributed by atoms with van der Waals surface area (Å²) in [5, 5.41) is 7.22. The first-order chi connectivity index (χ1) is 9.02. The minimum Gasteiger partial charge on any atom is -0.388 e. The van der Waals surface area contributed by atoms with Crippen molar-refractivity contribution in [3.05, 3.63) is 35.4 Å². The van der Waals surface area contributed by atoms with Gasteiger partial charge in [0.25, 0.3) is 0 Å². The molecule has 0 aromatic heterocycles. The summed E-state index contributed by atoms with van der Waals surface area (Å²) in [7, 11) is 1.60. The Morgan fingerprint density at radius 3 is 2.63 bits per heavy atom. The molecule has 0 aliphatic heterocycles. The number of rotatable bonds is 8. The summed E-state index contributed by atoms with van der Waals surface area (Å²) < 4.78 is 31.0. The first kappa shape index (κ1) is 15.5. The Hall–Kier alpha value is -1.53. The number of methoxy groups -OCH3 is 1. The fraction of sp³-hybridized carbons (Fsp3) is 0.462. The lowest BCUT2D eigenvalue weighted by atomic mass is 10.2. The molecule has 0 aliphatic carbocycles. The topological polar surface area (TPSA) is 62.3 Å². The van der Waals surface area contributed by atoms with E-state index in [0.29, 0.717) is 38.2 Å². The van der Waals surface area contributed by atoms with Crippen LogP contribution in [-0.2, 0) is 11.3 Å². The Kier molecular flexibility index (Phi) is 6.38. The Labute approximate surface area is 111 Å². The number of hydrogen-bond donors (Lipinski definition) is 2. The van der Waals surface area contributed by atoms with Crippen LogP contribution in [0, 0.1) is 17.0 Å². The maximum absolute atomic E-state index is 13.1. The van der Waals surface area contributed by atoms with Crippen LogP contribution in [0.15, 0.2) is 18.2 Å². The van der Waals surface area contributed by atoms with Gasteiger partial charge >= 0.3 is 0 Å². The third-order valence-electron chi connectivity index (χ3n) is 2.70. The fourth-order valence-electron chi connectivity index (χ4n) is 1.67. The van der Waals surface area contributed by atoms with Crippen LogP contribution in [0.1, 0.15) is 12.0 Å². The van der Waals surface area contributed by atoms with Crippen LogP contribution >= 0.6 is 0 Å². The van der Waals surface area contributed by atoms with E-state index < -0.39 is 11.6 Å². The molecule has 0 unspecified atom stereocenters. The van der Waals surface area contributed by atoms with Gasteiger partial charge < -0.3 is 10.5 Å². The van der Waals surface area contributed by atoms with Gasteiger partial charge in [0.15, 0.2) is 11.6 Å². The first-order valence-corrected chi connectivity index (χ1v) is 6.01. The number of benzene rings is 1. The van der Waals surface area contributed by atoms with Gasteiger partial charge in [-0.3, -0.25) is 10.3 Å². The Morgan fingerprint density at radius 1 is 1.32 bits per heavy atom. The SMILES string of the molecule is COCCN(CCC(=N)N)Cc1ccc(F)c(F)c1. The predicted octanol–water partition coefficient (Wildman–Crippen LogP) is 1.74. The molecule has 1 aromatic carbocycles. The van der Waals surface area contributed by atoms with E-state index in [-0.39, 0.29) is 5.84 Å². The summed E-state index contributed by atoms with van der Waals surface area (Å²) in [4.78, 5) is 1.98. The van der Waals surface area contributed by atoms with Crippen LogP contribution in [0.3, 0.4) is 0 Å². The molecule has 0 aliphatic rings. The highest BCUT2D eigenvalue weighted by atomic mass is 19.2. The molecule has 6 heteroatoms. The highest BCUT2D eigenvalue weighted by molar-refractivity contribution is 5.76. The average molecular weight is 271 g/mol. The van der Waals surface area contributed by atoms with Crippen LogP contribution in [-0.4, -0.2) is 37.5 Å². The number of halogens is 2. The van der Waals surface area contributed by atoms with Crippen molar-refractivity contribution in [2.75, 3.05) is 26.8 Å². The van der Waals surface area contributed by atoms with Crippen molar-refractivity contribution in [2.24, 2.45) is 5.73 Å². The summed E-state index contributed by atoms with van der Waals surface area (Å²) >= 11 is 0. The molecule has 19 heavy (non-hydrogen) atoms. The lowest BCUT2D eigenvalue weighted by molar-refractivity contribution is 0.145. The van der Waals surface area contributed by atoms with E-state index in [0.717, 1.165) is 6.07 Å². The number of nitrogens with zero attached hydrogens (tertiary/aromatic N) is 1. The quantitative estimate of drug-likeness (QED) is 0.559. The molecule has 106 valence electrons. The second-order valence-electron chi connectivity index (χ2n) is 4.29. The first-order valence-electron chi connectivity index (χ1n) is 6.01. The number of amidine groups is 1. The number of nitrogens with two attached hydrogens (primary N) is 1. The lowest BCUT2D eigenvalue weighted by Crippen LogP contribution is -2.30. The highest BCUT2D eigenvalue weighted by Gasteiger charge is 2.09. The maximum Gasteiger partial charge on any atom is 0.159 e. The third kappa shape index (κ3) is 5.76. The van der Waals surface area contributed by atoms with Gasteiger partial charge in [-0.15, -0.1) is 0 Å². The molecule has 0 fully saturated rings. The summed E-state index contributed by atoms with van der Waals surface area (Å²) in [6.07, 6.45) is 0.438. The molecule has 0 amide bonds. The number of hydrogen-bond acceptors (Lipinski definition) is 3. The number of nitrogens with one attached hydrogen (secondary N) is 1. The van der Waals surface area contributed by atoms with Gasteiger partial charge in [0, 0.05) is 33.2 Å². The molecule has 0 bridgehead atoms. The van der Waals surface area contributed by atoms with E-state index in [2.05, 4.69) is 0 Å². The molecule has 0 saturated heterocycles. The molecule has 4 nitrogen and oxygen atoms in total. The van der Waals surface area contributed by atoms with Gasteiger partial charge in [-0.05, 0) is 17.7 Å². The average Bonchev–Trinajstić information content (AvgIpc) is 2.37. The van der Waals surface area contributed by atoms with Crippen molar-refractivity contribution in [3.8, 4) is 0 Å². The van der Waals surface area contributed by atoms with Crippen LogP contribution in [0.4, 0.5) is 8.78 Å². The molecular weight excluding hydrogens is 252 g/mol. The van der Waals surface area contributed by atoms with Crippen molar-refractivity contribution in [1.82, 2.24) is 4.90 Å². The van der Waals surface area contributed by atoms with Gasteiger partial charge in [-0.2, -0.15) is 0 Å². The van der Waals surface area contributed by atoms with E-state index in [4.69, 9.17) is 15.9 Å². The fourth-order valence-corrected chi connectivity index (χ4v) is 1.67. The Morgan fingerprint density at radius 2 is 2.05 bits per heavy atom. The van der Waals surface area contributed by atoms with Gasteiger partial charge in [-0.1, -0.05) is 6.07 Å². The maximum atomic E-state index is 13.1. The minimum atomic E-state index is -0.851. The van der Waals surface area contributed by atoms with Crippen molar-refractivity contribution in [3.63, 3.8) is 0 Å². The lowest BCUT2D eigenvalue weighted by Gasteiger charge is -2.21. The highest BCUT2D eigenvalue weighted by Crippen LogP contribution is 2.11. The van der Waals surface area contributed by atoms with Gasteiger partial charge in [0.1, 0.15) is 0 Å². The molecule has 0 atom stereocenters. The largest absolute Gasteiger partial charge is 0.388 e. The molecule has 1 rings (SSSR count). The van der Waals surface area contributed by atoms with Crippen molar-refractivity contribution in [2.45, 2.75) is 13.0 Å². The zero-order valence-corrected chi connectivity index (χ0v) is 11.0. The minimum absolute atomic E-state index is 0.104. The monoisotopic (exact) mass is 271 g/mol. The standard InChI is InChI=1S/C13H19F2N3O/c1-19-7-6-18(5-4-13(16)17)9-10-2-3-11(14)12(15)8-10/h2-3,8H,4-7,9H2,1H3,(H3,16,17). The molecule has 0 spiro atoms. The molecule has 3 N–H and O–H groups in total. The van der Waals surface area contributed by atoms with Crippen LogP contribution in [0.2, 0.25) is 0 Å². The molecular formula is C13H19F2N3O. The van der Waals surface area contributed by atoms with Crippen LogP contribution in [0.25, 0.3) is 0 Å². The van der Waals surface area contributed by atoms with Crippen LogP contribution < -0.4 is 5.73 Å². The van der Waals surface area contributed by atoms with Crippen molar-refractivity contribution < 1.29 is 13.5 Å². The third-order valence-corrected chi connectivity index (χ3v) is 2.70. The molecule has 0 saturated carbocycles. The zero-order chi connectivity index (χ0) is 14.3. The second-order valence-corrected chi connectivity index (χ2v) is 4.29. The summed E-state index contributed by atoms with van der Waals surface area (Å²) in [6, 6.07) is 3.85. The van der Waals surface area contributed by atoms with Crippen LogP contribution in [0.5, 0.6) is 0 Å². The Bertz CT molecular complexity index is 426. The second kappa shape index (κ2) is 7.81. The van der Waals surface area contributed by atoms with E-state index in [1.165, 1.54) is 6.07 Å². The van der Waals surface area contributed by atoms with E-state index >= 15 is 0 Å². The predicted molar refractivity (Wildman–Crippen MR) is 70.0 cm³/mol. The summed E-state index contributed by atoms with van der Waals surface area (Å²) in [6.45, 7) is 2.22. The van der Waals surface area contributed by atoms with E-state index in [1.54, 1.807) is 13.2 Å². The van der Waals surface area contributed by atoms with Gasteiger partial charge in [0.05, 0.1) is 12.4 Å². The van der Waals surface area contributed by atoms with Crippen molar-refractivity contribution in [1.29, 1.82) is 5.41 Å². The smallest absolute Gasteiger partial charge is 0.159 e. The van der Waals surface area contributed by atoms with E-state index in [9.17, 15) is 8.78 Å². The summed E-state index contributed by atoms with van der Waals surface area (Å²) in [5.74, 6) is -1.60. The van der Waals surface area contributed by atoms with E-state index in [1.807, 2.05) is 4.90 Å². The van der Waals surface area contributed by atoms with Gasteiger partial charge in [-0.25, -0.2) is 8.78 Å². The van der Waals surface area contributed by atoms with Gasteiger partial charge in [0.2, 0.25) is 0 Å². The normalized spacial score (nSPS) is 10.9. The molecule has 1 aromatic rings.